The summed E-state index contributed by atoms with van der Waals surface area (Å²) in [4.78, 5) is 4.04. The van der Waals surface area contributed by atoms with Crippen molar-refractivity contribution >= 4 is 0 Å². The summed E-state index contributed by atoms with van der Waals surface area (Å²) in [5.41, 5.74) is 11.4. The van der Waals surface area contributed by atoms with E-state index >= 15 is 0 Å². The van der Waals surface area contributed by atoms with Crippen molar-refractivity contribution in [1.82, 2.24) is 4.98 Å². The Morgan fingerprint density at radius 1 is 0.944 bits per heavy atom. The van der Waals surface area contributed by atoms with Crippen LogP contribution in [0.15, 0.2) is 42.7 Å². The Kier molecular flexibility index (Phi) is 3.78. The average Bonchev–Trinajstić information content (AvgIpc) is 2.41. The number of aromatic nitrogens is 1. The summed E-state index contributed by atoms with van der Waals surface area (Å²) in [5, 5.41) is 0. The van der Waals surface area contributed by atoms with E-state index in [1.165, 1.54) is 22.3 Å². The zero-order valence-electron chi connectivity index (χ0n) is 11.2. The minimum absolute atomic E-state index is 0.0201. The number of hydrogen-bond acceptors (Lipinski definition) is 2. The van der Waals surface area contributed by atoms with E-state index in [2.05, 4.69) is 44.0 Å². The van der Waals surface area contributed by atoms with Gasteiger partial charge in [0, 0.05) is 24.4 Å². The lowest BCUT2D eigenvalue weighted by Gasteiger charge is -2.21. The molecule has 1 heterocycles. The standard InChI is InChI=1S/C16H20N2/c1-11-4-5-15(10-12(11)2)16(17)13(3)14-6-8-18-9-7-14/h4-10,13,16H,17H2,1-3H3. The normalized spacial score (nSPS) is 14.2. The molecule has 2 nitrogen and oxygen atoms in total. The summed E-state index contributed by atoms with van der Waals surface area (Å²) in [7, 11) is 0. The smallest absolute Gasteiger partial charge is 0.0361 e. The fraction of sp³-hybridized carbons (Fsp3) is 0.312. The van der Waals surface area contributed by atoms with Crippen LogP contribution in [0.4, 0.5) is 0 Å². The van der Waals surface area contributed by atoms with Crippen LogP contribution in [0.3, 0.4) is 0 Å². The van der Waals surface area contributed by atoms with Crippen molar-refractivity contribution < 1.29 is 0 Å². The van der Waals surface area contributed by atoms with Crippen LogP contribution in [0.1, 0.15) is 41.1 Å². The number of hydrogen-bond donors (Lipinski definition) is 1. The van der Waals surface area contributed by atoms with Crippen molar-refractivity contribution in [2.75, 3.05) is 0 Å². The van der Waals surface area contributed by atoms with Gasteiger partial charge in [-0.3, -0.25) is 4.98 Å². The van der Waals surface area contributed by atoms with Crippen molar-refractivity contribution in [1.29, 1.82) is 0 Å². The van der Waals surface area contributed by atoms with Crippen molar-refractivity contribution in [3.05, 3.63) is 65.0 Å². The van der Waals surface area contributed by atoms with Crippen molar-refractivity contribution in [3.8, 4) is 0 Å². The van der Waals surface area contributed by atoms with Gasteiger partial charge < -0.3 is 5.73 Å². The van der Waals surface area contributed by atoms with Gasteiger partial charge in [-0.2, -0.15) is 0 Å². The Labute approximate surface area is 109 Å². The van der Waals surface area contributed by atoms with Crippen LogP contribution in [0.25, 0.3) is 0 Å². The maximum atomic E-state index is 6.37. The number of nitrogens with zero attached hydrogens (tertiary/aromatic N) is 1. The highest BCUT2D eigenvalue weighted by molar-refractivity contribution is 5.33. The number of pyridine rings is 1. The van der Waals surface area contributed by atoms with Crippen LogP contribution in [-0.2, 0) is 0 Å². The predicted molar refractivity (Wildman–Crippen MR) is 75.5 cm³/mol. The molecule has 94 valence electrons. The molecule has 0 saturated heterocycles. The summed E-state index contributed by atoms with van der Waals surface area (Å²) in [6.45, 7) is 6.41. The molecule has 18 heavy (non-hydrogen) atoms. The zero-order valence-corrected chi connectivity index (χ0v) is 11.2. The van der Waals surface area contributed by atoms with E-state index in [0.717, 1.165) is 0 Å². The molecule has 0 aliphatic heterocycles. The monoisotopic (exact) mass is 240 g/mol. The van der Waals surface area contributed by atoms with Gasteiger partial charge in [-0.1, -0.05) is 25.1 Å². The van der Waals surface area contributed by atoms with Gasteiger partial charge in [-0.25, -0.2) is 0 Å². The summed E-state index contributed by atoms with van der Waals surface area (Å²) in [5.74, 6) is 0.287. The van der Waals surface area contributed by atoms with Gasteiger partial charge >= 0.3 is 0 Å². The van der Waals surface area contributed by atoms with Gasteiger partial charge in [0.05, 0.1) is 0 Å². The molecule has 0 radical (unpaired) electrons. The highest BCUT2D eigenvalue weighted by atomic mass is 14.7. The molecule has 0 aliphatic rings. The Morgan fingerprint density at radius 3 is 2.22 bits per heavy atom. The first kappa shape index (κ1) is 12.8. The lowest BCUT2D eigenvalue weighted by Crippen LogP contribution is -2.18. The van der Waals surface area contributed by atoms with E-state index in [-0.39, 0.29) is 12.0 Å². The molecule has 2 N–H and O–H groups in total. The van der Waals surface area contributed by atoms with Crippen molar-refractivity contribution in [3.63, 3.8) is 0 Å². The topological polar surface area (TPSA) is 38.9 Å². The maximum absolute atomic E-state index is 6.37. The maximum Gasteiger partial charge on any atom is 0.0361 e. The van der Waals surface area contributed by atoms with E-state index in [4.69, 9.17) is 5.73 Å². The van der Waals surface area contributed by atoms with Gasteiger partial charge in [0.1, 0.15) is 0 Å². The van der Waals surface area contributed by atoms with Crippen LogP contribution in [0.5, 0.6) is 0 Å². The second-order valence-electron chi connectivity index (χ2n) is 4.94. The van der Waals surface area contributed by atoms with E-state index < -0.39 is 0 Å². The molecule has 1 aromatic heterocycles. The third kappa shape index (κ3) is 2.59. The van der Waals surface area contributed by atoms with Crippen LogP contribution >= 0.6 is 0 Å². The summed E-state index contributed by atoms with van der Waals surface area (Å²) >= 11 is 0. The molecule has 2 heteroatoms. The first-order valence-electron chi connectivity index (χ1n) is 6.32. The molecule has 0 bridgehead atoms. The highest BCUT2D eigenvalue weighted by Crippen LogP contribution is 2.29. The lowest BCUT2D eigenvalue weighted by molar-refractivity contribution is 0.597. The van der Waals surface area contributed by atoms with Crippen LogP contribution in [-0.4, -0.2) is 4.98 Å². The summed E-state index contributed by atoms with van der Waals surface area (Å²) in [6.07, 6.45) is 3.64. The predicted octanol–water partition coefficient (Wildman–Crippen LogP) is 3.50. The van der Waals surface area contributed by atoms with Crippen LogP contribution in [0, 0.1) is 13.8 Å². The van der Waals surface area contributed by atoms with Gasteiger partial charge in [-0.05, 0) is 48.2 Å². The minimum Gasteiger partial charge on any atom is -0.323 e. The molecular formula is C16H20N2. The molecule has 1 aromatic carbocycles. The Bertz CT molecular complexity index is 520. The van der Waals surface area contributed by atoms with Gasteiger partial charge in [0.15, 0.2) is 0 Å². The Balaban J connectivity index is 2.25. The fourth-order valence-corrected chi connectivity index (χ4v) is 2.13. The third-order valence-corrected chi connectivity index (χ3v) is 3.69. The molecular weight excluding hydrogens is 220 g/mol. The van der Waals surface area contributed by atoms with Crippen molar-refractivity contribution in [2.24, 2.45) is 5.73 Å². The first-order chi connectivity index (χ1) is 8.59. The van der Waals surface area contributed by atoms with Gasteiger partial charge in [0.25, 0.3) is 0 Å². The molecule has 2 rings (SSSR count). The molecule has 2 unspecified atom stereocenters. The average molecular weight is 240 g/mol. The minimum atomic E-state index is 0.0201. The first-order valence-corrected chi connectivity index (χ1v) is 6.32. The second kappa shape index (κ2) is 5.32. The van der Waals surface area contributed by atoms with E-state index in [1.807, 2.05) is 24.5 Å². The van der Waals surface area contributed by atoms with E-state index in [0.29, 0.717) is 0 Å². The largest absolute Gasteiger partial charge is 0.323 e. The van der Waals surface area contributed by atoms with Gasteiger partial charge in [0.2, 0.25) is 0 Å². The molecule has 0 spiro atoms. The van der Waals surface area contributed by atoms with E-state index in [1.54, 1.807) is 0 Å². The molecule has 0 amide bonds. The second-order valence-corrected chi connectivity index (χ2v) is 4.94. The molecule has 0 aliphatic carbocycles. The quantitative estimate of drug-likeness (QED) is 0.891. The molecule has 0 saturated carbocycles. The zero-order chi connectivity index (χ0) is 13.1. The summed E-state index contributed by atoms with van der Waals surface area (Å²) < 4.78 is 0. The summed E-state index contributed by atoms with van der Waals surface area (Å²) in [6, 6.07) is 10.6. The number of rotatable bonds is 3. The Hall–Kier alpha value is -1.67. The lowest BCUT2D eigenvalue weighted by atomic mass is 9.88. The number of benzene rings is 1. The molecule has 2 atom stereocenters. The van der Waals surface area contributed by atoms with Crippen molar-refractivity contribution in [2.45, 2.75) is 32.7 Å². The van der Waals surface area contributed by atoms with E-state index in [9.17, 15) is 0 Å². The molecule has 0 fully saturated rings. The number of aryl methyl sites for hydroxylation is 2. The Morgan fingerprint density at radius 2 is 1.61 bits per heavy atom. The van der Waals surface area contributed by atoms with Crippen LogP contribution < -0.4 is 5.73 Å². The third-order valence-electron chi connectivity index (χ3n) is 3.69. The molecule has 2 aromatic rings. The SMILES string of the molecule is Cc1ccc(C(N)C(C)c2ccncc2)cc1C. The fourth-order valence-electron chi connectivity index (χ4n) is 2.13. The van der Waals surface area contributed by atoms with Gasteiger partial charge in [-0.15, -0.1) is 0 Å². The van der Waals surface area contributed by atoms with Crippen LogP contribution in [0.2, 0.25) is 0 Å². The number of nitrogens with two attached hydrogens (primary N) is 1. The highest BCUT2D eigenvalue weighted by Gasteiger charge is 2.16.